The molecule has 0 saturated heterocycles. The topological polar surface area (TPSA) is 17.1 Å². The molecule has 0 bridgehead atoms. The van der Waals surface area contributed by atoms with Gasteiger partial charge in [0, 0.05) is 12.3 Å². The fourth-order valence-corrected chi connectivity index (χ4v) is 1.57. The Balaban J connectivity index is 2.20. The molecule has 1 aromatic rings. The van der Waals surface area contributed by atoms with Crippen molar-refractivity contribution >= 4 is 35.1 Å². The van der Waals surface area contributed by atoms with Crippen LogP contribution in [-0.4, -0.2) is 5.78 Å². The van der Waals surface area contributed by atoms with Crippen LogP contribution < -0.4 is 0 Å². The van der Waals surface area contributed by atoms with Crippen LogP contribution in [0.4, 0.5) is 0 Å². The molecule has 0 heterocycles. The van der Waals surface area contributed by atoms with Crippen molar-refractivity contribution in [1.82, 2.24) is 0 Å². The molecule has 0 spiro atoms. The van der Waals surface area contributed by atoms with Gasteiger partial charge in [-0.2, -0.15) is 0 Å². The third kappa shape index (κ3) is 1.99. The van der Waals surface area contributed by atoms with E-state index < -0.39 is 0 Å². The highest BCUT2D eigenvalue weighted by atomic mass is 35.5. The van der Waals surface area contributed by atoms with E-state index in [1.165, 1.54) is 0 Å². The maximum atomic E-state index is 10.7. The summed E-state index contributed by atoms with van der Waals surface area (Å²) in [7, 11) is 0. The molecule has 0 N–H and O–H groups in total. The highest BCUT2D eigenvalue weighted by Crippen LogP contribution is 2.29. The summed E-state index contributed by atoms with van der Waals surface area (Å²) in [5, 5.41) is 1.08. The SMILES string of the molecule is O=C1CC1/C=C/c1cccc(Cl)c1Cl. The number of allylic oxidation sites excluding steroid dienone is 1. The van der Waals surface area contributed by atoms with Crippen molar-refractivity contribution in [3.8, 4) is 0 Å². The van der Waals surface area contributed by atoms with Crippen molar-refractivity contribution in [3.05, 3.63) is 39.9 Å². The molecule has 2 rings (SSSR count). The van der Waals surface area contributed by atoms with E-state index in [4.69, 9.17) is 23.2 Å². The van der Waals surface area contributed by atoms with Gasteiger partial charge >= 0.3 is 0 Å². The van der Waals surface area contributed by atoms with Crippen molar-refractivity contribution < 1.29 is 4.79 Å². The zero-order valence-corrected chi connectivity index (χ0v) is 8.85. The van der Waals surface area contributed by atoms with E-state index >= 15 is 0 Å². The second-order valence-electron chi connectivity index (χ2n) is 3.28. The molecule has 1 atom stereocenters. The van der Waals surface area contributed by atoms with Crippen molar-refractivity contribution in [1.29, 1.82) is 0 Å². The van der Waals surface area contributed by atoms with E-state index in [9.17, 15) is 4.79 Å². The van der Waals surface area contributed by atoms with Crippen LogP contribution in [0.5, 0.6) is 0 Å². The first-order chi connectivity index (χ1) is 6.68. The molecule has 3 heteroatoms. The number of hydrogen-bond acceptors (Lipinski definition) is 1. The molecule has 0 aliphatic heterocycles. The van der Waals surface area contributed by atoms with Crippen LogP contribution in [0.2, 0.25) is 10.0 Å². The number of halogens is 2. The summed E-state index contributed by atoms with van der Waals surface area (Å²) < 4.78 is 0. The van der Waals surface area contributed by atoms with Gasteiger partial charge in [-0.1, -0.05) is 47.5 Å². The molecule has 1 fully saturated rings. The van der Waals surface area contributed by atoms with Gasteiger partial charge in [0.25, 0.3) is 0 Å². The summed E-state index contributed by atoms with van der Waals surface area (Å²) in [5.74, 6) is 0.393. The normalized spacial score (nSPS) is 20.4. The minimum Gasteiger partial charge on any atom is -0.299 e. The van der Waals surface area contributed by atoms with Gasteiger partial charge in [-0.3, -0.25) is 4.79 Å². The Morgan fingerprint density at radius 2 is 2.07 bits per heavy atom. The van der Waals surface area contributed by atoms with E-state index in [0.717, 1.165) is 5.56 Å². The second-order valence-corrected chi connectivity index (χ2v) is 4.06. The second kappa shape index (κ2) is 3.76. The number of carbonyl (C=O) groups excluding carboxylic acids is 1. The predicted octanol–water partition coefficient (Wildman–Crippen LogP) is 3.60. The lowest BCUT2D eigenvalue weighted by atomic mass is 10.2. The number of rotatable bonds is 2. The van der Waals surface area contributed by atoms with Gasteiger partial charge in [-0.25, -0.2) is 0 Å². The first kappa shape index (κ1) is 9.75. The van der Waals surface area contributed by atoms with Crippen LogP contribution in [0.15, 0.2) is 24.3 Å². The quantitative estimate of drug-likeness (QED) is 0.754. The van der Waals surface area contributed by atoms with E-state index in [1.807, 2.05) is 24.3 Å². The zero-order valence-electron chi connectivity index (χ0n) is 7.34. The Morgan fingerprint density at radius 3 is 2.71 bits per heavy atom. The lowest BCUT2D eigenvalue weighted by Crippen LogP contribution is -1.77. The monoisotopic (exact) mass is 226 g/mol. The standard InChI is InChI=1S/C11H8Cl2O/c12-9-3-1-2-7(11(9)13)4-5-8-6-10(8)14/h1-5,8H,6H2/b5-4+. The number of Topliss-reactive ketones (excluding diaryl/α,β-unsaturated/α-hetero) is 1. The van der Waals surface area contributed by atoms with Crippen molar-refractivity contribution in [2.24, 2.45) is 5.92 Å². The Hall–Kier alpha value is -0.790. The fourth-order valence-electron chi connectivity index (χ4n) is 1.20. The minimum absolute atomic E-state index is 0.102. The van der Waals surface area contributed by atoms with E-state index in [0.29, 0.717) is 22.2 Å². The molecule has 1 aliphatic carbocycles. The third-order valence-corrected chi connectivity index (χ3v) is 3.00. The van der Waals surface area contributed by atoms with Crippen LogP contribution in [0.1, 0.15) is 12.0 Å². The summed E-state index contributed by atoms with van der Waals surface area (Å²) in [6.07, 6.45) is 4.39. The van der Waals surface area contributed by atoms with Crippen LogP contribution >= 0.6 is 23.2 Å². The average Bonchev–Trinajstić information content (AvgIpc) is 2.85. The lowest BCUT2D eigenvalue weighted by molar-refractivity contribution is -0.110. The van der Waals surface area contributed by atoms with Crippen molar-refractivity contribution in [3.63, 3.8) is 0 Å². The van der Waals surface area contributed by atoms with E-state index in [2.05, 4.69) is 0 Å². The highest BCUT2D eigenvalue weighted by Gasteiger charge is 2.31. The van der Waals surface area contributed by atoms with Crippen molar-refractivity contribution in [2.75, 3.05) is 0 Å². The maximum Gasteiger partial charge on any atom is 0.141 e. The lowest BCUT2D eigenvalue weighted by Gasteiger charge is -1.99. The zero-order chi connectivity index (χ0) is 10.1. The summed E-state index contributed by atoms with van der Waals surface area (Å²) in [6, 6.07) is 5.45. The fraction of sp³-hybridized carbons (Fsp3) is 0.182. The molecule has 14 heavy (non-hydrogen) atoms. The first-order valence-corrected chi connectivity index (χ1v) is 5.09. The van der Waals surface area contributed by atoms with Gasteiger partial charge in [-0.15, -0.1) is 0 Å². The number of carbonyl (C=O) groups is 1. The molecular formula is C11H8Cl2O. The summed E-state index contributed by atoms with van der Waals surface area (Å²) in [5.41, 5.74) is 0.860. The molecule has 1 saturated carbocycles. The Morgan fingerprint density at radius 1 is 1.36 bits per heavy atom. The maximum absolute atomic E-state index is 10.7. The van der Waals surface area contributed by atoms with Gasteiger partial charge in [0.05, 0.1) is 10.0 Å². The number of benzene rings is 1. The molecule has 1 unspecified atom stereocenters. The average molecular weight is 227 g/mol. The van der Waals surface area contributed by atoms with E-state index in [-0.39, 0.29) is 5.92 Å². The molecule has 0 radical (unpaired) electrons. The molecule has 0 aromatic heterocycles. The van der Waals surface area contributed by atoms with E-state index in [1.54, 1.807) is 6.07 Å². The Kier molecular flexibility index (Phi) is 2.62. The Bertz CT molecular complexity index is 410. The molecular weight excluding hydrogens is 219 g/mol. The van der Waals surface area contributed by atoms with Crippen molar-refractivity contribution in [2.45, 2.75) is 6.42 Å². The van der Waals surface area contributed by atoms with Gasteiger partial charge in [0.15, 0.2) is 0 Å². The van der Waals surface area contributed by atoms with Gasteiger partial charge in [0.1, 0.15) is 5.78 Å². The minimum atomic E-state index is 0.102. The molecule has 72 valence electrons. The van der Waals surface area contributed by atoms with Gasteiger partial charge in [-0.05, 0) is 11.6 Å². The molecule has 1 aliphatic rings. The summed E-state index contributed by atoms with van der Waals surface area (Å²) in [4.78, 5) is 10.7. The molecule has 1 nitrogen and oxygen atoms in total. The molecule has 0 amide bonds. The van der Waals surface area contributed by atoms with Crippen LogP contribution in [-0.2, 0) is 4.79 Å². The Labute approximate surface area is 92.3 Å². The van der Waals surface area contributed by atoms with Crippen LogP contribution in [0.25, 0.3) is 6.08 Å². The first-order valence-electron chi connectivity index (χ1n) is 4.33. The summed E-state index contributed by atoms with van der Waals surface area (Å²) in [6.45, 7) is 0. The van der Waals surface area contributed by atoms with Crippen LogP contribution in [0.3, 0.4) is 0 Å². The molecule has 1 aromatic carbocycles. The third-order valence-electron chi connectivity index (χ3n) is 2.16. The summed E-state index contributed by atoms with van der Waals surface area (Å²) >= 11 is 11.8. The smallest absolute Gasteiger partial charge is 0.141 e. The van der Waals surface area contributed by atoms with Gasteiger partial charge in [0.2, 0.25) is 0 Å². The highest BCUT2D eigenvalue weighted by molar-refractivity contribution is 6.42. The largest absolute Gasteiger partial charge is 0.299 e. The number of ketones is 1. The number of hydrogen-bond donors (Lipinski definition) is 0. The van der Waals surface area contributed by atoms with Gasteiger partial charge < -0.3 is 0 Å². The van der Waals surface area contributed by atoms with Crippen LogP contribution in [0, 0.1) is 5.92 Å². The predicted molar refractivity (Wildman–Crippen MR) is 58.6 cm³/mol.